The lowest BCUT2D eigenvalue weighted by Gasteiger charge is -2.64. The normalized spacial score (nSPS) is 52.1. The monoisotopic (exact) mass is 408 g/mol. The van der Waals surface area contributed by atoms with E-state index in [0.717, 1.165) is 51.4 Å². The Balaban J connectivity index is 1.56. The molecule has 0 radical (unpaired) electrons. The van der Waals surface area contributed by atoms with E-state index in [1.165, 1.54) is 0 Å². The van der Waals surface area contributed by atoms with Gasteiger partial charge in [0.15, 0.2) is 0 Å². The Labute approximate surface area is 174 Å². The van der Waals surface area contributed by atoms with Crippen LogP contribution >= 0.6 is 0 Å². The number of hydrogen-bond acceptors (Lipinski definition) is 6. The van der Waals surface area contributed by atoms with Gasteiger partial charge in [0, 0.05) is 5.41 Å². The van der Waals surface area contributed by atoms with Crippen LogP contribution in [0.5, 0.6) is 0 Å². The quantitative estimate of drug-likeness (QED) is 0.318. The maximum absolute atomic E-state index is 12.1. The number of aliphatic hydroxyl groups is 3. The second-order valence-corrected chi connectivity index (χ2v) is 10.9. The van der Waals surface area contributed by atoms with Gasteiger partial charge < -0.3 is 25.9 Å². The highest BCUT2D eigenvalue weighted by Gasteiger charge is 2.71. The Bertz CT molecular complexity index is 644. The molecule has 0 aromatic heterocycles. The van der Waals surface area contributed by atoms with E-state index < -0.39 is 16.6 Å². The number of fused-ring (bicyclic) bond motifs is 5. The zero-order valence-electron chi connectivity index (χ0n) is 18.1. The highest BCUT2D eigenvalue weighted by Crippen LogP contribution is 2.69. The summed E-state index contributed by atoms with van der Waals surface area (Å²) in [6.07, 6.45) is 9.96. The molecule has 0 aliphatic heterocycles. The molecule has 4 fully saturated rings. The summed E-state index contributed by atoms with van der Waals surface area (Å²) < 4.78 is 0. The number of hydrogen-bond donors (Lipinski definition) is 4. The smallest absolute Gasteiger partial charge is 0.118 e. The SMILES string of the molecule is C[C@]12CC[C@H](O)C[C@H]1CC[C@@H]1[C@@H]2CC[C@]2(C)[C@@](O)(/C=N/OCCCN)CC[C@]12O. The summed E-state index contributed by atoms with van der Waals surface area (Å²) in [4.78, 5) is 5.29. The van der Waals surface area contributed by atoms with Crippen LogP contribution in [0.2, 0.25) is 0 Å². The Hall–Kier alpha value is -0.690. The zero-order chi connectivity index (χ0) is 20.9. The average Bonchev–Trinajstić information content (AvgIpc) is 2.90. The van der Waals surface area contributed by atoms with Crippen LogP contribution in [0.25, 0.3) is 0 Å². The molecule has 0 heterocycles. The van der Waals surface area contributed by atoms with Crippen LogP contribution in [0.3, 0.4) is 0 Å². The fourth-order valence-corrected chi connectivity index (χ4v) is 7.79. The van der Waals surface area contributed by atoms with Crippen LogP contribution in [-0.4, -0.2) is 52.0 Å². The van der Waals surface area contributed by atoms with Crippen molar-refractivity contribution in [2.24, 2.45) is 39.5 Å². The zero-order valence-corrected chi connectivity index (χ0v) is 18.1. The Morgan fingerprint density at radius 1 is 1.03 bits per heavy atom. The first kappa shape index (κ1) is 21.5. The van der Waals surface area contributed by atoms with Gasteiger partial charge in [-0.25, -0.2) is 0 Å². The van der Waals surface area contributed by atoms with Gasteiger partial charge in [-0.1, -0.05) is 19.0 Å². The predicted molar refractivity (Wildman–Crippen MR) is 112 cm³/mol. The molecule has 4 aliphatic carbocycles. The number of nitrogens with zero attached hydrogens (tertiary/aromatic N) is 1. The molecule has 5 N–H and O–H groups in total. The molecule has 6 heteroatoms. The fourth-order valence-electron chi connectivity index (χ4n) is 7.79. The van der Waals surface area contributed by atoms with Gasteiger partial charge in [-0.2, -0.15) is 0 Å². The van der Waals surface area contributed by atoms with Gasteiger partial charge in [-0.05, 0) is 93.9 Å². The van der Waals surface area contributed by atoms with Crippen LogP contribution in [-0.2, 0) is 4.84 Å². The molecule has 0 aromatic rings. The molecule has 4 aliphatic rings. The minimum atomic E-state index is -1.14. The van der Waals surface area contributed by atoms with Crippen molar-refractivity contribution in [1.29, 1.82) is 0 Å². The summed E-state index contributed by atoms with van der Waals surface area (Å²) in [6, 6.07) is 0. The van der Waals surface area contributed by atoms with E-state index in [1.54, 1.807) is 6.21 Å². The molecule has 0 spiro atoms. The molecule has 0 bridgehead atoms. The molecule has 166 valence electrons. The first-order chi connectivity index (χ1) is 13.7. The molecule has 29 heavy (non-hydrogen) atoms. The molecule has 0 unspecified atom stereocenters. The third-order valence-corrected chi connectivity index (χ3v) is 9.81. The third kappa shape index (κ3) is 3.08. The molecule has 0 saturated heterocycles. The summed E-state index contributed by atoms with van der Waals surface area (Å²) in [5.74, 6) is 1.23. The van der Waals surface area contributed by atoms with Crippen molar-refractivity contribution in [3.8, 4) is 0 Å². The average molecular weight is 409 g/mol. The van der Waals surface area contributed by atoms with E-state index >= 15 is 0 Å². The van der Waals surface area contributed by atoms with E-state index in [-0.39, 0.29) is 17.4 Å². The van der Waals surface area contributed by atoms with Crippen molar-refractivity contribution in [3.63, 3.8) is 0 Å². The van der Waals surface area contributed by atoms with E-state index in [2.05, 4.69) is 19.0 Å². The van der Waals surface area contributed by atoms with Crippen molar-refractivity contribution < 1.29 is 20.2 Å². The van der Waals surface area contributed by atoms with E-state index in [4.69, 9.17) is 10.6 Å². The van der Waals surface area contributed by atoms with Gasteiger partial charge in [0.05, 0.1) is 17.9 Å². The summed E-state index contributed by atoms with van der Waals surface area (Å²) in [7, 11) is 0. The number of oxime groups is 1. The third-order valence-electron chi connectivity index (χ3n) is 9.81. The maximum Gasteiger partial charge on any atom is 0.118 e. The van der Waals surface area contributed by atoms with Crippen LogP contribution in [0.1, 0.15) is 78.1 Å². The van der Waals surface area contributed by atoms with Gasteiger partial charge in [0.25, 0.3) is 0 Å². The van der Waals surface area contributed by atoms with E-state index in [0.29, 0.717) is 37.8 Å². The minimum absolute atomic E-state index is 0.159. The van der Waals surface area contributed by atoms with Gasteiger partial charge in [0.1, 0.15) is 12.2 Å². The Morgan fingerprint density at radius 3 is 2.59 bits per heavy atom. The lowest BCUT2D eigenvalue weighted by Crippen LogP contribution is -2.65. The highest BCUT2D eigenvalue weighted by molar-refractivity contribution is 5.71. The van der Waals surface area contributed by atoms with Crippen molar-refractivity contribution in [2.75, 3.05) is 13.2 Å². The number of aliphatic hydroxyl groups excluding tert-OH is 1. The van der Waals surface area contributed by atoms with Gasteiger partial charge >= 0.3 is 0 Å². The molecule has 0 aromatic carbocycles. The maximum atomic E-state index is 12.1. The number of nitrogens with two attached hydrogens (primary N) is 1. The fraction of sp³-hybridized carbons (Fsp3) is 0.957. The molecule has 8 atom stereocenters. The lowest BCUT2D eigenvalue weighted by molar-refractivity contribution is -0.224. The Kier molecular flexibility index (Phi) is 5.55. The standard InChI is InChI=1S/C23H40N2O4/c1-20-8-6-17(26)14-16(20)4-5-19-18(20)7-9-21(2)22(27,10-11-23(19,21)28)15-25-29-13-3-12-24/h15-19,26-28H,3-14,24H2,1-2H3/b25-15+/t16-,17+,18+,19-,20+,21-,22+,23+/m1/s1. The van der Waals surface area contributed by atoms with Gasteiger partial charge in [0.2, 0.25) is 0 Å². The van der Waals surface area contributed by atoms with Crippen LogP contribution in [0, 0.1) is 28.6 Å². The lowest BCUT2D eigenvalue weighted by atomic mass is 9.43. The topological polar surface area (TPSA) is 108 Å². The first-order valence-electron chi connectivity index (χ1n) is 11.7. The molecular weight excluding hydrogens is 368 g/mol. The molecular formula is C23H40N2O4. The second-order valence-electron chi connectivity index (χ2n) is 10.9. The van der Waals surface area contributed by atoms with Crippen LogP contribution < -0.4 is 5.73 Å². The first-order valence-corrected chi connectivity index (χ1v) is 11.7. The summed E-state index contributed by atoms with van der Waals surface area (Å²) in [5, 5.41) is 37.9. The van der Waals surface area contributed by atoms with E-state index in [1.807, 2.05) is 0 Å². The molecule has 0 amide bonds. The molecule has 4 saturated carbocycles. The largest absolute Gasteiger partial charge is 0.396 e. The second kappa shape index (κ2) is 7.47. The van der Waals surface area contributed by atoms with Gasteiger partial charge in [-0.15, -0.1) is 0 Å². The summed E-state index contributed by atoms with van der Waals surface area (Å²) in [6.45, 7) is 5.46. The predicted octanol–water partition coefficient (Wildman–Crippen LogP) is 2.59. The van der Waals surface area contributed by atoms with Crippen molar-refractivity contribution in [1.82, 2.24) is 0 Å². The Morgan fingerprint density at radius 2 is 1.83 bits per heavy atom. The summed E-state index contributed by atoms with van der Waals surface area (Å²) in [5.41, 5.74) is 3.05. The van der Waals surface area contributed by atoms with E-state index in [9.17, 15) is 15.3 Å². The van der Waals surface area contributed by atoms with Gasteiger partial charge in [-0.3, -0.25) is 0 Å². The van der Waals surface area contributed by atoms with Crippen LogP contribution in [0.15, 0.2) is 5.16 Å². The van der Waals surface area contributed by atoms with Crippen molar-refractivity contribution >= 4 is 6.21 Å². The van der Waals surface area contributed by atoms with Crippen molar-refractivity contribution in [3.05, 3.63) is 0 Å². The minimum Gasteiger partial charge on any atom is -0.396 e. The van der Waals surface area contributed by atoms with Crippen molar-refractivity contribution in [2.45, 2.75) is 95.4 Å². The van der Waals surface area contributed by atoms with Crippen LogP contribution in [0.4, 0.5) is 0 Å². The number of rotatable bonds is 5. The molecule has 4 rings (SSSR count). The molecule has 6 nitrogen and oxygen atoms in total. The highest BCUT2D eigenvalue weighted by atomic mass is 16.6. The summed E-state index contributed by atoms with van der Waals surface area (Å²) >= 11 is 0.